The molecule has 2 aromatic heterocycles. The Hall–Kier alpha value is -1.67. The van der Waals surface area contributed by atoms with Gasteiger partial charge in [-0.05, 0) is 6.92 Å². The molecule has 0 amide bonds. The molecule has 0 aliphatic rings. The first kappa shape index (κ1) is 16.7. The van der Waals surface area contributed by atoms with Gasteiger partial charge in [0, 0.05) is 19.7 Å². The van der Waals surface area contributed by atoms with E-state index >= 15 is 0 Å². The minimum Gasteiger partial charge on any atom is -0.416 e. The number of nitrogens with zero attached hydrogens (tertiary/aromatic N) is 3. The topological polar surface area (TPSA) is 49.0 Å². The highest BCUT2D eigenvalue weighted by Crippen LogP contribution is 2.36. The molecule has 0 unspecified atom stereocenters. The van der Waals surface area contributed by atoms with Gasteiger partial charge in [0.2, 0.25) is 5.88 Å². The molecule has 120 valence electrons. The lowest BCUT2D eigenvalue weighted by Gasteiger charge is -2.10. The zero-order valence-corrected chi connectivity index (χ0v) is 12.9. The first-order valence-electron chi connectivity index (χ1n) is 6.04. The highest BCUT2D eigenvalue weighted by Gasteiger charge is 2.25. The SMILES string of the molecule is CCn1c(-c2nn(C)c(OC(F)F)c2Cl)c(F)cc(Cl)c1=O. The lowest BCUT2D eigenvalue weighted by molar-refractivity contribution is -0.0552. The first-order chi connectivity index (χ1) is 10.3. The predicted octanol–water partition coefficient (Wildman–Crippen LogP) is 3.32. The van der Waals surface area contributed by atoms with Gasteiger partial charge in [0.15, 0.2) is 5.82 Å². The number of ether oxygens (including phenoxy) is 1. The van der Waals surface area contributed by atoms with Crippen molar-refractivity contribution < 1.29 is 17.9 Å². The lowest BCUT2D eigenvalue weighted by Crippen LogP contribution is -2.22. The molecule has 0 bridgehead atoms. The predicted molar refractivity (Wildman–Crippen MR) is 75.2 cm³/mol. The summed E-state index contributed by atoms with van der Waals surface area (Å²) in [6, 6.07) is 0.823. The Morgan fingerprint density at radius 3 is 2.59 bits per heavy atom. The molecule has 0 saturated heterocycles. The normalized spacial score (nSPS) is 11.3. The van der Waals surface area contributed by atoms with Crippen LogP contribution in [0.2, 0.25) is 10.0 Å². The highest BCUT2D eigenvalue weighted by atomic mass is 35.5. The largest absolute Gasteiger partial charge is 0.416 e. The van der Waals surface area contributed by atoms with Crippen LogP contribution in [-0.4, -0.2) is 21.0 Å². The Morgan fingerprint density at radius 2 is 2.05 bits per heavy atom. The molecule has 0 aliphatic heterocycles. The lowest BCUT2D eigenvalue weighted by atomic mass is 10.2. The first-order valence-corrected chi connectivity index (χ1v) is 6.80. The third kappa shape index (κ3) is 2.80. The smallest absolute Gasteiger partial charge is 0.388 e. The summed E-state index contributed by atoms with van der Waals surface area (Å²) in [6.07, 6.45) is 0. The van der Waals surface area contributed by atoms with Gasteiger partial charge in [0.05, 0.1) is 0 Å². The van der Waals surface area contributed by atoms with Crippen molar-refractivity contribution in [3.05, 3.63) is 32.3 Å². The quantitative estimate of drug-likeness (QED) is 0.845. The number of aromatic nitrogens is 3. The van der Waals surface area contributed by atoms with Gasteiger partial charge in [-0.2, -0.15) is 13.9 Å². The van der Waals surface area contributed by atoms with Gasteiger partial charge in [0.1, 0.15) is 21.4 Å². The third-order valence-corrected chi connectivity index (χ3v) is 3.49. The van der Waals surface area contributed by atoms with Crippen LogP contribution in [0.15, 0.2) is 10.9 Å². The van der Waals surface area contributed by atoms with Gasteiger partial charge < -0.3 is 9.30 Å². The Kier molecular flexibility index (Phi) is 4.72. The van der Waals surface area contributed by atoms with Crippen molar-refractivity contribution in [3.8, 4) is 17.3 Å². The Morgan fingerprint density at radius 1 is 1.41 bits per heavy atom. The summed E-state index contributed by atoms with van der Waals surface area (Å²) in [7, 11) is 1.30. The summed E-state index contributed by atoms with van der Waals surface area (Å²) < 4.78 is 45.1. The summed E-state index contributed by atoms with van der Waals surface area (Å²) >= 11 is 11.6. The van der Waals surface area contributed by atoms with E-state index in [0.29, 0.717) is 0 Å². The van der Waals surface area contributed by atoms with E-state index in [4.69, 9.17) is 23.2 Å². The zero-order chi connectivity index (χ0) is 16.6. The van der Waals surface area contributed by atoms with Crippen molar-refractivity contribution in [2.45, 2.75) is 20.1 Å². The molecule has 0 aliphatic carbocycles. The molecular weight excluding hydrogens is 346 g/mol. The van der Waals surface area contributed by atoms with Gasteiger partial charge in [-0.15, -0.1) is 0 Å². The van der Waals surface area contributed by atoms with Crippen LogP contribution in [0.3, 0.4) is 0 Å². The number of pyridine rings is 1. The van der Waals surface area contributed by atoms with Crippen LogP contribution >= 0.6 is 23.2 Å². The fourth-order valence-corrected chi connectivity index (χ4v) is 2.48. The molecule has 0 N–H and O–H groups in total. The van der Waals surface area contributed by atoms with Gasteiger partial charge in [-0.3, -0.25) is 4.79 Å². The van der Waals surface area contributed by atoms with Gasteiger partial charge >= 0.3 is 6.61 Å². The number of rotatable bonds is 4. The van der Waals surface area contributed by atoms with E-state index in [0.717, 1.165) is 15.3 Å². The molecule has 10 heteroatoms. The fraction of sp³-hybridized carbons (Fsp3) is 0.333. The second-order valence-electron chi connectivity index (χ2n) is 4.21. The van der Waals surface area contributed by atoms with Gasteiger partial charge in [-0.1, -0.05) is 23.2 Å². The molecule has 0 aromatic carbocycles. The number of aryl methyl sites for hydroxylation is 1. The van der Waals surface area contributed by atoms with E-state index in [1.807, 2.05) is 0 Å². The van der Waals surface area contributed by atoms with Gasteiger partial charge in [-0.25, -0.2) is 9.07 Å². The van der Waals surface area contributed by atoms with E-state index in [1.54, 1.807) is 6.92 Å². The number of hydrogen-bond donors (Lipinski definition) is 0. The van der Waals surface area contributed by atoms with E-state index in [-0.39, 0.29) is 28.0 Å². The Balaban J connectivity index is 2.73. The standard InChI is InChI=1S/C12H10Cl2F3N3O2/c1-3-20-9(6(15)4-5(13)10(20)21)8-7(14)11(19(2)18-8)22-12(16)17/h4,12H,3H2,1-2H3. The minimum absolute atomic E-state index is 0.0869. The molecule has 5 nitrogen and oxygen atoms in total. The van der Waals surface area contributed by atoms with Crippen LogP contribution in [0, 0.1) is 5.82 Å². The molecule has 0 atom stereocenters. The summed E-state index contributed by atoms with van der Waals surface area (Å²) in [5, 5.41) is 3.22. The second-order valence-corrected chi connectivity index (χ2v) is 4.99. The molecule has 2 aromatic rings. The molecule has 0 saturated carbocycles. The van der Waals surface area contributed by atoms with Crippen molar-refractivity contribution >= 4 is 23.2 Å². The van der Waals surface area contributed by atoms with E-state index in [1.165, 1.54) is 7.05 Å². The molecule has 2 heterocycles. The summed E-state index contributed by atoms with van der Waals surface area (Å²) in [4.78, 5) is 12.0. The van der Waals surface area contributed by atoms with Crippen LogP contribution in [-0.2, 0) is 13.6 Å². The highest BCUT2D eigenvalue weighted by molar-refractivity contribution is 6.34. The monoisotopic (exact) mass is 355 g/mol. The summed E-state index contributed by atoms with van der Waals surface area (Å²) in [5.74, 6) is -1.29. The number of alkyl halides is 2. The maximum absolute atomic E-state index is 14.2. The van der Waals surface area contributed by atoms with Crippen molar-refractivity contribution in [3.63, 3.8) is 0 Å². The maximum Gasteiger partial charge on any atom is 0.388 e. The van der Waals surface area contributed by atoms with Crippen molar-refractivity contribution in [1.29, 1.82) is 0 Å². The fourth-order valence-electron chi connectivity index (χ4n) is 1.99. The maximum atomic E-state index is 14.2. The van der Waals surface area contributed by atoms with Crippen LogP contribution in [0.1, 0.15) is 6.92 Å². The third-order valence-electron chi connectivity index (χ3n) is 2.88. The molecule has 22 heavy (non-hydrogen) atoms. The number of hydrogen-bond acceptors (Lipinski definition) is 3. The molecule has 0 spiro atoms. The van der Waals surface area contributed by atoms with Crippen molar-refractivity contribution in [2.24, 2.45) is 7.05 Å². The van der Waals surface area contributed by atoms with Crippen LogP contribution in [0.5, 0.6) is 5.88 Å². The van der Waals surface area contributed by atoms with Crippen LogP contribution in [0.25, 0.3) is 11.4 Å². The Bertz CT molecular complexity index is 774. The van der Waals surface area contributed by atoms with Crippen LogP contribution in [0.4, 0.5) is 13.2 Å². The second kappa shape index (κ2) is 6.21. The molecule has 0 fully saturated rings. The average Bonchev–Trinajstić information content (AvgIpc) is 2.70. The van der Waals surface area contributed by atoms with Crippen molar-refractivity contribution in [1.82, 2.24) is 14.3 Å². The van der Waals surface area contributed by atoms with Gasteiger partial charge in [0.25, 0.3) is 5.56 Å². The van der Waals surface area contributed by atoms with E-state index in [2.05, 4.69) is 9.84 Å². The summed E-state index contributed by atoms with van der Waals surface area (Å²) in [6.45, 7) is -1.44. The van der Waals surface area contributed by atoms with E-state index < -0.39 is 23.9 Å². The number of halogens is 5. The minimum atomic E-state index is -3.12. The van der Waals surface area contributed by atoms with E-state index in [9.17, 15) is 18.0 Å². The average molecular weight is 356 g/mol. The van der Waals surface area contributed by atoms with Crippen LogP contribution < -0.4 is 10.3 Å². The Labute approximate surface area is 132 Å². The molecular formula is C12H10Cl2F3N3O2. The molecule has 2 rings (SSSR count). The zero-order valence-electron chi connectivity index (χ0n) is 11.4. The van der Waals surface area contributed by atoms with Crippen molar-refractivity contribution in [2.75, 3.05) is 0 Å². The summed E-state index contributed by atoms with van der Waals surface area (Å²) in [5.41, 5.74) is -1.08. The molecule has 0 radical (unpaired) electrons.